The third kappa shape index (κ3) is 4.10. The molecule has 0 aliphatic heterocycles. The van der Waals surface area contributed by atoms with E-state index in [9.17, 15) is 4.79 Å². The van der Waals surface area contributed by atoms with Crippen LogP contribution in [0.5, 0.6) is 11.5 Å². The van der Waals surface area contributed by atoms with Crippen molar-refractivity contribution in [3.63, 3.8) is 0 Å². The third-order valence-corrected chi connectivity index (χ3v) is 4.48. The summed E-state index contributed by atoms with van der Waals surface area (Å²) in [5.74, 6) is 1.61. The molecule has 7 nitrogen and oxygen atoms in total. The van der Waals surface area contributed by atoms with Crippen molar-refractivity contribution in [2.45, 2.75) is 13.8 Å². The van der Waals surface area contributed by atoms with Crippen molar-refractivity contribution in [2.24, 2.45) is 0 Å². The zero-order valence-corrected chi connectivity index (χ0v) is 16.8. The first-order chi connectivity index (χ1) is 14.7. The van der Waals surface area contributed by atoms with Crippen LogP contribution in [0.1, 0.15) is 24.2 Å². The molecule has 0 fully saturated rings. The Hall–Kier alpha value is -3.87. The summed E-state index contributed by atoms with van der Waals surface area (Å²) >= 11 is 0. The van der Waals surface area contributed by atoms with Crippen LogP contribution >= 0.6 is 0 Å². The molecule has 0 saturated heterocycles. The van der Waals surface area contributed by atoms with Crippen molar-refractivity contribution in [3.8, 4) is 22.8 Å². The van der Waals surface area contributed by atoms with Gasteiger partial charge in [0.1, 0.15) is 0 Å². The summed E-state index contributed by atoms with van der Waals surface area (Å²) < 4.78 is 13.0. The van der Waals surface area contributed by atoms with Gasteiger partial charge >= 0.3 is 0 Å². The lowest BCUT2D eigenvalue weighted by Crippen LogP contribution is -2.12. The van der Waals surface area contributed by atoms with Crippen molar-refractivity contribution < 1.29 is 14.3 Å². The first-order valence-electron chi connectivity index (χ1n) is 9.79. The van der Waals surface area contributed by atoms with Gasteiger partial charge in [-0.2, -0.15) is 0 Å². The van der Waals surface area contributed by atoms with E-state index in [2.05, 4.69) is 15.3 Å². The summed E-state index contributed by atoms with van der Waals surface area (Å²) in [6, 6.07) is 14.6. The number of benzene rings is 2. The van der Waals surface area contributed by atoms with Crippen molar-refractivity contribution >= 4 is 17.4 Å². The molecule has 30 heavy (non-hydrogen) atoms. The molecule has 4 rings (SSSR count). The highest BCUT2D eigenvalue weighted by Crippen LogP contribution is 2.29. The minimum Gasteiger partial charge on any atom is -0.490 e. The van der Waals surface area contributed by atoms with Crippen LogP contribution in [0.2, 0.25) is 0 Å². The molecule has 1 N–H and O–H groups in total. The highest BCUT2D eigenvalue weighted by atomic mass is 16.5. The average molecular weight is 402 g/mol. The van der Waals surface area contributed by atoms with Gasteiger partial charge in [-0.25, -0.2) is 9.97 Å². The van der Waals surface area contributed by atoms with Crippen LogP contribution in [-0.4, -0.2) is 33.5 Å². The van der Waals surface area contributed by atoms with Crippen molar-refractivity contribution in [1.82, 2.24) is 14.4 Å². The smallest absolute Gasteiger partial charge is 0.255 e. The maximum atomic E-state index is 12.7. The Morgan fingerprint density at radius 2 is 1.80 bits per heavy atom. The molecule has 0 bridgehead atoms. The zero-order chi connectivity index (χ0) is 20.9. The number of aromatic nitrogens is 3. The fourth-order valence-electron chi connectivity index (χ4n) is 3.09. The Kier molecular flexibility index (Phi) is 5.61. The molecule has 152 valence electrons. The van der Waals surface area contributed by atoms with E-state index < -0.39 is 0 Å². The van der Waals surface area contributed by atoms with Gasteiger partial charge in [0.15, 0.2) is 11.5 Å². The van der Waals surface area contributed by atoms with Gasteiger partial charge in [0, 0.05) is 35.4 Å². The van der Waals surface area contributed by atoms with E-state index >= 15 is 0 Å². The monoisotopic (exact) mass is 402 g/mol. The molecule has 2 heterocycles. The molecule has 0 aliphatic carbocycles. The number of hydrogen-bond donors (Lipinski definition) is 1. The summed E-state index contributed by atoms with van der Waals surface area (Å²) in [5, 5.41) is 2.91. The number of carbonyl (C=O) groups is 1. The van der Waals surface area contributed by atoms with E-state index in [0.29, 0.717) is 41.7 Å². The summed E-state index contributed by atoms with van der Waals surface area (Å²) in [7, 11) is 0. The largest absolute Gasteiger partial charge is 0.490 e. The van der Waals surface area contributed by atoms with Crippen molar-refractivity contribution in [2.75, 3.05) is 18.5 Å². The summed E-state index contributed by atoms with van der Waals surface area (Å²) in [4.78, 5) is 21.4. The van der Waals surface area contributed by atoms with E-state index in [1.807, 2.05) is 61.0 Å². The molecule has 2 aromatic heterocycles. The molecule has 0 radical (unpaired) electrons. The number of ether oxygens (including phenoxy) is 2. The number of imidazole rings is 1. The molecule has 0 unspecified atom stereocenters. The van der Waals surface area contributed by atoms with Crippen LogP contribution < -0.4 is 14.8 Å². The molecule has 1 amide bonds. The average Bonchev–Trinajstić information content (AvgIpc) is 3.20. The Morgan fingerprint density at radius 1 is 1.03 bits per heavy atom. The lowest BCUT2D eigenvalue weighted by atomic mass is 10.1. The molecule has 0 atom stereocenters. The maximum Gasteiger partial charge on any atom is 0.255 e. The quantitative estimate of drug-likeness (QED) is 0.494. The lowest BCUT2D eigenvalue weighted by molar-refractivity contribution is 0.102. The molecular weight excluding hydrogens is 380 g/mol. The molecular formula is C23H22N4O3. The SMILES string of the molecule is CCOc1ccc(C(=O)Nc2ccc(-c3cn4cccnc4n3)cc2)cc1OCC. The van der Waals surface area contributed by atoms with Gasteiger partial charge in [0.2, 0.25) is 5.78 Å². The number of carbonyl (C=O) groups excluding carboxylic acids is 1. The van der Waals surface area contributed by atoms with Crippen LogP contribution in [0, 0.1) is 0 Å². The molecule has 4 aromatic rings. The second-order valence-corrected chi connectivity index (χ2v) is 6.51. The number of nitrogens with one attached hydrogen (secondary N) is 1. The highest BCUT2D eigenvalue weighted by molar-refractivity contribution is 6.04. The second-order valence-electron chi connectivity index (χ2n) is 6.51. The maximum absolute atomic E-state index is 12.7. The van der Waals surface area contributed by atoms with Crippen LogP contribution in [0.15, 0.2) is 67.1 Å². The van der Waals surface area contributed by atoms with Gasteiger partial charge in [0.25, 0.3) is 5.91 Å². The van der Waals surface area contributed by atoms with E-state index in [-0.39, 0.29) is 5.91 Å². The summed E-state index contributed by atoms with van der Waals surface area (Å²) in [6.45, 7) is 4.82. The number of anilines is 1. The van der Waals surface area contributed by atoms with E-state index in [0.717, 1.165) is 11.3 Å². The second kappa shape index (κ2) is 8.65. The number of nitrogens with zero attached hydrogens (tertiary/aromatic N) is 3. The minimum absolute atomic E-state index is 0.219. The van der Waals surface area contributed by atoms with E-state index in [1.54, 1.807) is 24.4 Å². The number of amides is 1. The van der Waals surface area contributed by atoms with Gasteiger partial charge in [-0.15, -0.1) is 0 Å². The van der Waals surface area contributed by atoms with Crippen molar-refractivity contribution in [1.29, 1.82) is 0 Å². The first kappa shape index (κ1) is 19.4. The zero-order valence-electron chi connectivity index (χ0n) is 16.8. The van der Waals surface area contributed by atoms with Crippen molar-refractivity contribution in [3.05, 3.63) is 72.7 Å². The van der Waals surface area contributed by atoms with Crippen LogP contribution in [-0.2, 0) is 0 Å². The minimum atomic E-state index is -0.219. The van der Waals surface area contributed by atoms with E-state index in [4.69, 9.17) is 9.47 Å². The normalized spacial score (nSPS) is 10.7. The Bertz CT molecular complexity index is 1140. The van der Waals surface area contributed by atoms with Gasteiger partial charge in [-0.3, -0.25) is 9.20 Å². The predicted octanol–water partition coefficient (Wildman–Crippen LogP) is 4.45. The summed E-state index contributed by atoms with van der Waals surface area (Å²) in [6.07, 6.45) is 5.54. The number of rotatable bonds is 7. The molecule has 7 heteroatoms. The van der Waals surface area contributed by atoms with Crippen LogP contribution in [0.4, 0.5) is 5.69 Å². The highest BCUT2D eigenvalue weighted by Gasteiger charge is 2.12. The van der Waals surface area contributed by atoms with Gasteiger partial charge in [0.05, 0.1) is 18.9 Å². The molecule has 0 aliphatic rings. The Balaban J connectivity index is 1.50. The first-order valence-corrected chi connectivity index (χ1v) is 9.79. The van der Waals surface area contributed by atoms with Gasteiger partial charge in [-0.05, 0) is 50.2 Å². The van der Waals surface area contributed by atoms with E-state index in [1.165, 1.54) is 0 Å². The van der Waals surface area contributed by atoms with Crippen LogP contribution in [0.25, 0.3) is 17.0 Å². The standard InChI is InChI=1S/C23H22N4O3/c1-3-29-20-11-8-17(14-21(20)30-4-2)22(28)25-18-9-6-16(7-10-18)19-15-27-13-5-12-24-23(27)26-19/h5-15H,3-4H2,1-2H3,(H,25,28). The molecule has 0 saturated carbocycles. The third-order valence-electron chi connectivity index (χ3n) is 4.48. The topological polar surface area (TPSA) is 77.8 Å². The Morgan fingerprint density at radius 3 is 2.53 bits per heavy atom. The fraction of sp³-hybridized carbons (Fsp3) is 0.174. The van der Waals surface area contributed by atoms with Crippen LogP contribution in [0.3, 0.4) is 0 Å². The molecule has 0 spiro atoms. The Labute approximate surface area is 174 Å². The number of hydrogen-bond acceptors (Lipinski definition) is 5. The van der Waals surface area contributed by atoms with Gasteiger partial charge in [-0.1, -0.05) is 12.1 Å². The lowest BCUT2D eigenvalue weighted by Gasteiger charge is -2.12. The van der Waals surface area contributed by atoms with Gasteiger partial charge < -0.3 is 14.8 Å². The molecule has 2 aromatic carbocycles. The fourth-order valence-corrected chi connectivity index (χ4v) is 3.09. The number of fused-ring (bicyclic) bond motifs is 1. The summed E-state index contributed by atoms with van der Waals surface area (Å²) in [5.41, 5.74) is 2.95. The predicted molar refractivity (Wildman–Crippen MR) is 115 cm³/mol.